The Kier molecular flexibility index (Phi) is 8.02. The molecule has 1 aromatic carbocycles. The van der Waals surface area contributed by atoms with Crippen molar-refractivity contribution in [2.75, 3.05) is 37.3 Å². The highest BCUT2D eigenvalue weighted by molar-refractivity contribution is 7.88. The van der Waals surface area contributed by atoms with Gasteiger partial charge in [-0.15, -0.1) is 0 Å². The van der Waals surface area contributed by atoms with E-state index in [-0.39, 0.29) is 31.7 Å². The summed E-state index contributed by atoms with van der Waals surface area (Å²) < 4.78 is 53.5. The van der Waals surface area contributed by atoms with E-state index in [0.717, 1.165) is 56.2 Å². The Morgan fingerprint density at radius 3 is 2.23 bits per heavy atom. The van der Waals surface area contributed by atoms with E-state index in [1.807, 2.05) is 0 Å². The number of anilines is 1. The van der Waals surface area contributed by atoms with Gasteiger partial charge in [0.25, 0.3) is 0 Å². The normalized spacial score (nSPS) is 24.8. The summed E-state index contributed by atoms with van der Waals surface area (Å²) in [7, 11) is -3.39. The van der Waals surface area contributed by atoms with Crippen LogP contribution >= 0.6 is 0 Å². The zero-order chi connectivity index (χ0) is 25.3. The van der Waals surface area contributed by atoms with Crippen molar-refractivity contribution in [1.82, 2.24) is 14.5 Å². The van der Waals surface area contributed by atoms with Crippen LogP contribution < -0.4 is 9.62 Å². The second-order valence-corrected chi connectivity index (χ2v) is 12.5. The van der Waals surface area contributed by atoms with Crippen molar-refractivity contribution in [2.24, 2.45) is 11.8 Å². The van der Waals surface area contributed by atoms with Crippen molar-refractivity contribution in [3.63, 3.8) is 0 Å². The van der Waals surface area contributed by atoms with Crippen LogP contribution in [0.25, 0.3) is 0 Å². The van der Waals surface area contributed by atoms with Gasteiger partial charge in [-0.25, -0.2) is 26.7 Å². The number of carbonyl (C=O) groups is 1. The third-order valence-electron chi connectivity index (χ3n) is 8.03. The maximum absolute atomic E-state index is 14.2. The van der Waals surface area contributed by atoms with E-state index in [4.69, 9.17) is 0 Å². The number of likely N-dealkylation sites (tertiary alicyclic amines) is 1. The minimum absolute atomic E-state index is 0.0644. The van der Waals surface area contributed by atoms with Crippen LogP contribution in [0.2, 0.25) is 0 Å². The van der Waals surface area contributed by atoms with Gasteiger partial charge >= 0.3 is 6.03 Å². The quantitative estimate of drug-likeness (QED) is 0.601. The molecule has 2 fully saturated rings. The van der Waals surface area contributed by atoms with E-state index in [2.05, 4.69) is 23.5 Å². The number of amides is 2. The van der Waals surface area contributed by atoms with Crippen molar-refractivity contribution < 1.29 is 22.0 Å². The Bertz CT molecular complexity index is 1020. The molecule has 0 radical (unpaired) electrons. The van der Waals surface area contributed by atoms with Gasteiger partial charge in [-0.1, -0.05) is 13.8 Å². The Morgan fingerprint density at radius 2 is 1.63 bits per heavy atom. The van der Waals surface area contributed by atoms with Crippen LogP contribution in [0.1, 0.15) is 57.9 Å². The number of carbonyl (C=O) groups excluding carboxylic acids is 1. The Morgan fingerprint density at radius 1 is 1.00 bits per heavy atom. The molecule has 1 saturated carbocycles. The smallest absolute Gasteiger partial charge is 0.319 e. The molecule has 10 heteroatoms. The molecule has 0 unspecified atom stereocenters. The number of halogens is 2. The van der Waals surface area contributed by atoms with Crippen LogP contribution in [-0.4, -0.2) is 68.8 Å². The molecule has 2 amide bonds. The number of hydrogen-bond donors (Lipinski definition) is 1. The van der Waals surface area contributed by atoms with Gasteiger partial charge in [-0.05, 0) is 62.0 Å². The molecule has 0 spiro atoms. The first-order valence-electron chi connectivity index (χ1n) is 12.8. The molecular weight excluding hydrogens is 474 g/mol. The number of nitrogens with one attached hydrogen (secondary N) is 1. The SMILES string of the molecule is CC(C)C1CCC(N2CCC(N3C(=O)N(CCNS(C)(=O)=O)Cc4cc(F)c(F)cc43)CC2)CC1. The monoisotopic (exact) mass is 512 g/mol. The number of piperidine rings is 1. The van der Waals surface area contributed by atoms with Crippen molar-refractivity contribution in [2.45, 2.75) is 71.0 Å². The lowest BCUT2D eigenvalue weighted by Crippen LogP contribution is -2.56. The minimum Gasteiger partial charge on any atom is -0.319 e. The van der Waals surface area contributed by atoms with Gasteiger partial charge in [-0.3, -0.25) is 4.90 Å². The van der Waals surface area contributed by atoms with Crippen molar-refractivity contribution in [3.8, 4) is 0 Å². The highest BCUT2D eigenvalue weighted by Gasteiger charge is 2.38. The number of urea groups is 1. The van der Waals surface area contributed by atoms with Gasteiger partial charge < -0.3 is 9.80 Å². The highest BCUT2D eigenvalue weighted by Crippen LogP contribution is 2.37. The number of hydrogen-bond acceptors (Lipinski definition) is 4. The van der Waals surface area contributed by atoms with Crippen LogP contribution in [-0.2, 0) is 16.6 Å². The van der Waals surface area contributed by atoms with E-state index >= 15 is 0 Å². The summed E-state index contributed by atoms with van der Waals surface area (Å²) in [5, 5.41) is 0. The number of benzene rings is 1. The Balaban J connectivity index is 1.46. The number of fused-ring (bicyclic) bond motifs is 1. The largest absolute Gasteiger partial charge is 0.325 e. The van der Waals surface area contributed by atoms with Crippen molar-refractivity contribution in [3.05, 3.63) is 29.3 Å². The predicted octanol–water partition coefficient (Wildman–Crippen LogP) is 3.94. The van der Waals surface area contributed by atoms with Gasteiger partial charge in [0.2, 0.25) is 10.0 Å². The average molecular weight is 513 g/mol. The molecule has 1 aliphatic carbocycles. The second-order valence-electron chi connectivity index (χ2n) is 10.7. The lowest BCUT2D eigenvalue weighted by Gasteiger charge is -2.46. The number of nitrogens with zero attached hydrogens (tertiary/aromatic N) is 3. The summed E-state index contributed by atoms with van der Waals surface area (Å²) in [5.41, 5.74) is 0.967. The lowest BCUT2D eigenvalue weighted by molar-refractivity contribution is 0.0968. The summed E-state index contributed by atoms with van der Waals surface area (Å²) >= 11 is 0. The third-order valence-corrected chi connectivity index (χ3v) is 8.76. The molecule has 0 bridgehead atoms. The van der Waals surface area contributed by atoms with Crippen molar-refractivity contribution >= 4 is 21.7 Å². The molecule has 4 rings (SSSR count). The molecule has 0 aromatic heterocycles. The first-order chi connectivity index (χ1) is 16.5. The van der Waals surface area contributed by atoms with E-state index < -0.39 is 21.7 Å². The molecule has 35 heavy (non-hydrogen) atoms. The topological polar surface area (TPSA) is 73.0 Å². The van der Waals surface area contributed by atoms with Gasteiger partial charge in [0.1, 0.15) is 0 Å². The van der Waals surface area contributed by atoms with Crippen LogP contribution in [0.5, 0.6) is 0 Å². The van der Waals surface area contributed by atoms with E-state index in [1.54, 1.807) is 4.90 Å². The summed E-state index contributed by atoms with van der Waals surface area (Å²) in [6.07, 6.45) is 7.56. The maximum atomic E-state index is 14.2. The van der Waals surface area contributed by atoms with Crippen LogP contribution in [0.4, 0.5) is 19.3 Å². The van der Waals surface area contributed by atoms with Gasteiger partial charge in [0.15, 0.2) is 11.6 Å². The number of rotatable bonds is 7. The number of sulfonamides is 1. The van der Waals surface area contributed by atoms with Crippen molar-refractivity contribution in [1.29, 1.82) is 0 Å². The van der Waals surface area contributed by atoms with Crippen LogP contribution in [0, 0.1) is 23.5 Å². The fraction of sp³-hybridized carbons (Fsp3) is 0.720. The van der Waals surface area contributed by atoms with Crippen LogP contribution in [0.15, 0.2) is 12.1 Å². The Hall–Kier alpha value is -1.78. The van der Waals surface area contributed by atoms with Gasteiger partial charge in [0.05, 0.1) is 11.9 Å². The molecule has 1 saturated heterocycles. The molecule has 196 valence electrons. The molecule has 7 nitrogen and oxygen atoms in total. The maximum Gasteiger partial charge on any atom is 0.325 e. The third kappa shape index (κ3) is 6.14. The summed E-state index contributed by atoms with van der Waals surface area (Å²) in [5.74, 6) is -0.371. The van der Waals surface area contributed by atoms with Crippen LogP contribution in [0.3, 0.4) is 0 Å². The van der Waals surface area contributed by atoms with E-state index in [1.165, 1.54) is 30.6 Å². The van der Waals surface area contributed by atoms with Gasteiger partial charge in [-0.2, -0.15) is 0 Å². The Labute approximate surface area is 207 Å². The second kappa shape index (κ2) is 10.7. The van der Waals surface area contributed by atoms with E-state index in [0.29, 0.717) is 17.3 Å². The summed E-state index contributed by atoms with van der Waals surface area (Å²) in [6, 6.07) is 2.48. The molecule has 1 N–H and O–H groups in total. The molecule has 3 aliphatic rings. The van der Waals surface area contributed by atoms with E-state index in [9.17, 15) is 22.0 Å². The lowest BCUT2D eigenvalue weighted by atomic mass is 9.79. The highest BCUT2D eigenvalue weighted by atomic mass is 32.2. The standard InChI is InChI=1S/C25H38F2N4O3S/c1-17(2)18-4-6-20(7-5-18)29-11-8-21(9-12-29)31-24-15-23(27)22(26)14-19(24)16-30(25(31)32)13-10-28-35(3,33)34/h14-15,17-18,20-21,28H,4-13,16H2,1-3H3. The summed E-state index contributed by atoms with van der Waals surface area (Å²) in [6.45, 7) is 6.69. The fourth-order valence-electron chi connectivity index (χ4n) is 5.99. The minimum atomic E-state index is -3.39. The fourth-order valence-corrected chi connectivity index (χ4v) is 6.46. The molecule has 1 aromatic rings. The zero-order valence-electron chi connectivity index (χ0n) is 21.0. The molecule has 2 aliphatic heterocycles. The first kappa shape index (κ1) is 26.3. The first-order valence-corrected chi connectivity index (χ1v) is 14.7. The van der Waals surface area contributed by atoms with Gasteiger partial charge in [0, 0.05) is 50.9 Å². The molecule has 0 atom stereocenters. The predicted molar refractivity (Wildman–Crippen MR) is 133 cm³/mol. The average Bonchev–Trinajstić information content (AvgIpc) is 2.80. The summed E-state index contributed by atoms with van der Waals surface area (Å²) in [4.78, 5) is 19.1. The zero-order valence-corrected chi connectivity index (χ0v) is 21.8. The molecule has 2 heterocycles. The molecular formula is C25H38F2N4O3S.